The summed E-state index contributed by atoms with van der Waals surface area (Å²) in [5.74, 6) is 0.681. The minimum absolute atomic E-state index is 0.232. The number of hydrogen-bond donors (Lipinski definition) is 2. The topological polar surface area (TPSA) is 24.1 Å². The molecule has 0 saturated heterocycles. The lowest BCUT2D eigenvalue weighted by atomic mass is 9.98. The molecule has 2 nitrogen and oxygen atoms in total. The molecule has 86 valence electrons. The van der Waals surface area contributed by atoms with Gasteiger partial charge in [-0.15, -0.1) is 0 Å². The van der Waals surface area contributed by atoms with Crippen LogP contribution in [0.15, 0.2) is 0 Å². The van der Waals surface area contributed by atoms with Crippen molar-refractivity contribution in [3.63, 3.8) is 0 Å². The predicted molar refractivity (Wildman–Crippen MR) is 64.4 cm³/mol. The van der Waals surface area contributed by atoms with Crippen LogP contribution in [0.1, 0.15) is 54.4 Å². The van der Waals surface area contributed by atoms with Gasteiger partial charge in [-0.3, -0.25) is 5.32 Å². The first kappa shape index (κ1) is 13.9. The molecule has 0 aromatic carbocycles. The third-order valence-electron chi connectivity index (χ3n) is 3.07. The van der Waals surface area contributed by atoms with Gasteiger partial charge < -0.3 is 5.32 Å². The summed E-state index contributed by atoms with van der Waals surface area (Å²) in [5, 5.41) is 7.20. The zero-order valence-corrected chi connectivity index (χ0v) is 10.8. The molecule has 0 bridgehead atoms. The first-order chi connectivity index (χ1) is 6.46. The van der Waals surface area contributed by atoms with Crippen molar-refractivity contribution in [2.75, 3.05) is 6.54 Å². The van der Waals surface area contributed by atoms with Gasteiger partial charge in [0.2, 0.25) is 0 Å². The molecule has 0 aliphatic rings. The van der Waals surface area contributed by atoms with Crippen LogP contribution < -0.4 is 10.6 Å². The van der Waals surface area contributed by atoms with Gasteiger partial charge in [0.25, 0.3) is 0 Å². The van der Waals surface area contributed by atoms with Crippen LogP contribution >= 0.6 is 0 Å². The van der Waals surface area contributed by atoms with Crippen molar-refractivity contribution in [2.45, 2.75) is 66.1 Å². The Morgan fingerprint density at radius 1 is 1.14 bits per heavy atom. The zero-order chi connectivity index (χ0) is 11.2. The minimum Gasteiger partial charge on any atom is -0.302 e. The molecule has 0 spiro atoms. The molecule has 0 aromatic heterocycles. The average Bonchev–Trinajstić information content (AvgIpc) is 2.16. The van der Waals surface area contributed by atoms with E-state index in [0.29, 0.717) is 12.1 Å². The van der Waals surface area contributed by atoms with Crippen LogP contribution in [0.2, 0.25) is 0 Å². The molecule has 0 radical (unpaired) electrons. The smallest absolute Gasteiger partial charge is 0.0601 e. The third-order valence-corrected chi connectivity index (χ3v) is 3.07. The molecular formula is C12H28N2. The molecule has 0 aromatic rings. The predicted octanol–water partition coefficient (Wildman–Crippen LogP) is 2.75. The van der Waals surface area contributed by atoms with Gasteiger partial charge in [-0.2, -0.15) is 0 Å². The number of nitrogens with one attached hydrogen (secondary N) is 2. The molecule has 0 saturated carbocycles. The summed E-state index contributed by atoms with van der Waals surface area (Å²) in [5.41, 5.74) is 0.232. The van der Waals surface area contributed by atoms with Crippen molar-refractivity contribution in [1.29, 1.82) is 0 Å². The van der Waals surface area contributed by atoms with E-state index in [-0.39, 0.29) is 5.54 Å². The van der Waals surface area contributed by atoms with Gasteiger partial charge in [-0.1, -0.05) is 34.1 Å². The molecule has 2 unspecified atom stereocenters. The highest BCUT2D eigenvalue weighted by Crippen LogP contribution is 2.13. The van der Waals surface area contributed by atoms with Gasteiger partial charge in [-0.05, 0) is 32.7 Å². The molecule has 2 heteroatoms. The Kier molecular flexibility index (Phi) is 6.38. The van der Waals surface area contributed by atoms with Gasteiger partial charge in [0.1, 0.15) is 0 Å². The number of hydrogen-bond acceptors (Lipinski definition) is 2. The van der Waals surface area contributed by atoms with E-state index in [9.17, 15) is 0 Å². The van der Waals surface area contributed by atoms with Gasteiger partial charge in [0, 0.05) is 5.54 Å². The van der Waals surface area contributed by atoms with E-state index in [4.69, 9.17) is 0 Å². The lowest BCUT2D eigenvalue weighted by Crippen LogP contribution is -2.55. The number of rotatable bonds is 7. The molecule has 0 amide bonds. The van der Waals surface area contributed by atoms with Crippen molar-refractivity contribution in [3.8, 4) is 0 Å². The summed E-state index contributed by atoms with van der Waals surface area (Å²) >= 11 is 0. The van der Waals surface area contributed by atoms with Crippen LogP contribution in [0, 0.1) is 5.92 Å². The second kappa shape index (κ2) is 6.41. The summed E-state index contributed by atoms with van der Waals surface area (Å²) < 4.78 is 0. The van der Waals surface area contributed by atoms with Crippen LogP contribution in [0.5, 0.6) is 0 Å². The molecular weight excluding hydrogens is 172 g/mol. The Labute approximate surface area is 89.9 Å². The summed E-state index contributed by atoms with van der Waals surface area (Å²) in [4.78, 5) is 0. The van der Waals surface area contributed by atoms with Crippen molar-refractivity contribution in [1.82, 2.24) is 10.6 Å². The largest absolute Gasteiger partial charge is 0.302 e. The molecule has 0 rings (SSSR count). The van der Waals surface area contributed by atoms with Gasteiger partial charge in [0.05, 0.1) is 6.17 Å². The van der Waals surface area contributed by atoms with Crippen LogP contribution in [-0.4, -0.2) is 18.2 Å². The Morgan fingerprint density at radius 2 is 1.71 bits per heavy atom. The first-order valence-electron chi connectivity index (χ1n) is 5.97. The van der Waals surface area contributed by atoms with Crippen molar-refractivity contribution >= 4 is 0 Å². The Balaban J connectivity index is 4.21. The Morgan fingerprint density at radius 3 is 2.07 bits per heavy atom. The van der Waals surface area contributed by atoms with E-state index in [1.165, 1.54) is 6.42 Å². The maximum Gasteiger partial charge on any atom is 0.0601 e. The summed E-state index contributed by atoms with van der Waals surface area (Å²) in [6, 6.07) is 0. The van der Waals surface area contributed by atoms with Crippen molar-refractivity contribution in [3.05, 3.63) is 0 Å². The minimum atomic E-state index is 0.232. The van der Waals surface area contributed by atoms with Crippen LogP contribution in [-0.2, 0) is 0 Å². The standard InChI is InChI=1S/C12H28N2/c1-7-10(4)11(13-9-3)14-12(5,6)8-2/h10-11,13-14H,7-9H2,1-6H3. The van der Waals surface area contributed by atoms with E-state index < -0.39 is 0 Å². The van der Waals surface area contributed by atoms with E-state index in [2.05, 4.69) is 52.2 Å². The highest BCUT2D eigenvalue weighted by atomic mass is 15.2. The fourth-order valence-electron chi connectivity index (χ4n) is 1.37. The normalized spacial score (nSPS) is 16.7. The van der Waals surface area contributed by atoms with E-state index in [1.54, 1.807) is 0 Å². The maximum atomic E-state index is 3.68. The lowest BCUT2D eigenvalue weighted by molar-refractivity contribution is 0.233. The first-order valence-corrected chi connectivity index (χ1v) is 5.97. The van der Waals surface area contributed by atoms with Gasteiger partial charge in [-0.25, -0.2) is 0 Å². The Hall–Kier alpha value is -0.0800. The second-order valence-corrected chi connectivity index (χ2v) is 4.80. The van der Waals surface area contributed by atoms with Crippen molar-refractivity contribution in [2.24, 2.45) is 5.92 Å². The average molecular weight is 200 g/mol. The molecule has 14 heavy (non-hydrogen) atoms. The van der Waals surface area contributed by atoms with Crippen LogP contribution in [0.25, 0.3) is 0 Å². The summed E-state index contributed by atoms with van der Waals surface area (Å²) in [7, 11) is 0. The fourth-order valence-corrected chi connectivity index (χ4v) is 1.37. The molecule has 2 N–H and O–H groups in total. The monoisotopic (exact) mass is 200 g/mol. The SMILES string of the molecule is CCNC(NC(C)(C)CC)C(C)CC. The molecule has 0 aliphatic carbocycles. The van der Waals surface area contributed by atoms with Gasteiger partial charge in [0.15, 0.2) is 0 Å². The summed E-state index contributed by atoms with van der Waals surface area (Å²) in [6.45, 7) is 14.5. The highest BCUT2D eigenvalue weighted by Gasteiger charge is 2.22. The second-order valence-electron chi connectivity index (χ2n) is 4.80. The zero-order valence-electron chi connectivity index (χ0n) is 10.8. The Bertz CT molecular complexity index is 143. The third kappa shape index (κ3) is 4.97. The molecule has 0 heterocycles. The van der Waals surface area contributed by atoms with E-state index >= 15 is 0 Å². The highest BCUT2D eigenvalue weighted by molar-refractivity contribution is 4.81. The van der Waals surface area contributed by atoms with Crippen LogP contribution in [0.4, 0.5) is 0 Å². The maximum absolute atomic E-state index is 3.68. The van der Waals surface area contributed by atoms with E-state index in [0.717, 1.165) is 13.0 Å². The molecule has 0 fully saturated rings. The molecule has 2 atom stereocenters. The van der Waals surface area contributed by atoms with Crippen LogP contribution in [0.3, 0.4) is 0 Å². The van der Waals surface area contributed by atoms with Gasteiger partial charge >= 0.3 is 0 Å². The lowest BCUT2D eigenvalue weighted by Gasteiger charge is -2.34. The quantitative estimate of drug-likeness (QED) is 0.618. The van der Waals surface area contributed by atoms with Crippen molar-refractivity contribution < 1.29 is 0 Å². The summed E-state index contributed by atoms with van der Waals surface area (Å²) in [6.07, 6.45) is 2.82. The fraction of sp³-hybridized carbons (Fsp3) is 1.00. The van der Waals surface area contributed by atoms with E-state index in [1.807, 2.05) is 0 Å². The molecule has 0 aliphatic heterocycles.